The Labute approximate surface area is 107 Å². The van der Waals surface area contributed by atoms with E-state index >= 15 is 0 Å². The van der Waals surface area contributed by atoms with Crippen molar-refractivity contribution in [1.82, 2.24) is 0 Å². The molecule has 0 aliphatic heterocycles. The van der Waals surface area contributed by atoms with E-state index in [1.807, 2.05) is 12.1 Å². The second-order valence-electron chi connectivity index (χ2n) is 3.11. The summed E-state index contributed by atoms with van der Waals surface area (Å²) in [5.41, 5.74) is 0.00420. The molecular formula is C12H16N4O2. The highest BCUT2D eigenvalue weighted by atomic mass is 16.5. The van der Waals surface area contributed by atoms with Crippen molar-refractivity contribution in [2.24, 2.45) is 9.98 Å². The number of ether oxygens (including phenoxy) is 2. The Morgan fingerprint density at radius 1 is 0.944 bits per heavy atom. The maximum Gasteiger partial charge on any atom is 0.176 e. The van der Waals surface area contributed by atoms with E-state index in [9.17, 15) is 0 Å². The molecule has 0 radical (unpaired) electrons. The van der Waals surface area contributed by atoms with E-state index in [1.54, 1.807) is 14.2 Å². The van der Waals surface area contributed by atoms with Crippen LogP contribution in [0.15, 0.2) is 21.4 Å². The maximum absolute atomic E-state index is 8.88. The van der Waals surface area contributed by atoms with Gasteiger partial charge in [0.05, 0.1) is 13.2 Å². The molecule has 0 atom stereocenters. The fourth-order valence-electron chi connectivity index (χ4n) is 0.939. The smallest absolute Gasteiger partial charge is 0.176 e. The summed E-state index contributed by atoms with van der Waals surface area (Å²) in [5.74, 6) is 0. The molecule has 0 fully saturated rings. The zero-order valence-electron chi connectivity index (χ0n) is 10.6. The Bertz CT molecular complexity index is 361. The van der Waals surface area contributed by atoms with E-state index in [4.69, 9.17) is 20.0 Å². The van der Waals surface area contributed by atoms with Crippen LogP contribution in [0.1, 0.15) is 12.8 Å². The zero-order valence-corrected chi connectivity index (χ0v) is 10.6. The van der Waals surface area contributed by atoms with Gasteiger partial charge in [-0.25, -0.2) is 9.98 Å². The second-order valence-corrected chi connectivity index (χ2v) is 3.11. The molecule has 0 aromatic heterocycles. The lowest BCUT2D eigenvalue weighted by atomic mass is 10.3. The van der Waals surface area contributed by atoms with Crippen LogP contribution in [-0.2, 0) is 9.47 Å². The van der Waals surface area contributed by atoms with Gasteiger partial charge in [0.15, 0.2) is 11.4 Å². The molecule has 0 amide bonds. The van der Waals surface area contributed by atoms with Gasteiger partial charge in [0.1, 0.15) is 12.1 Å². The molecule has 0 aliphatic rings. The number of hydrogen-bond donors (Lipinski definition) is 0. The van der Waals surface area contributed by atoms with Crippen molar-refractivity contribution in [3.8, 4) is 12.1 Å². The van der Waals surface area contributed by atoms with Crippen LogP contribution in [-0.4, -0.2) is 39.9 Å². The van der Waals surface area contributed by atoms with E-state index in [1.165, 1.54) is 12.4 Å². The van der Waals surface area contributed by atoms with Gasteiger partial charge >= 0.3 is 0 Å². The van der Waals surface area contributed by atoms with E-state index in [0.29, 0.717) is 26.1 Å². The highest BCUT2D eigenvalue weighted by Gasteiger charge is 2.01. The predicted molar refractivity (Wildman–Crippen MR) is 68.2 cm³/mol. The molecule has 0 rings (SSSR count). The van der Waals surface area contributed by atoms with Gasteiger partial charge in [0, 0.05) is 39.5 Å². The summed E-state index contributed by atoms with van der Waals surface area (Å²) >= 11 is 0. The van der Waals surface area contributed by atoms with Crippen LogP contribution in [0.2, 0.25) is 0 Å². The number of nitriles is 2. The summed E-state index contributed by atoms with van der Waals surface area (Å²) in [7, 11) is 3.16. The van der Waals surface area contributed by atoms with Crippen molar-refractivity contribution in [3.05, 3.63) is 11.4 Å². The van der Waals surface area contributed by atoms with Gasteiger partial charge in [-0.15, -0.1) is 0 Å². The van der Waals surface area contributed by atoms with Gasteiger partial charge in [0.25, 0.3) is 0 Å². The van der Waals surface area contributed by atoms with Crippen LogP contribution < -0.4 is 0 Å². The molecule has 0 N–H and O–H groups in total. The first kappa shape index (κ1) is 16.0. The molecule has 0 aliphatic carbocycles. The molecule has 0 bridgehead atoms. The molecule has 0 spiro atoms. The number of nitrogens with zero attached hydrogens (tertiary/aromatic N) is 4. The average Bonchev–Trinajstić information content (AvgIpc) is 2.40. The molecule has 6 nitrogen and oxygen atoms in total. The van der Waals surface area contributed by atoms with Crippen LogP contribution in [0, 0.1) is 22.7 Å². The van der Waals surface area contributed by atoms with E-state index < -0.39 is 0 Å². The van der Waals surface area contributed by atoms with Gasteiger partial charge in [-0.05, 0) is 0 Å². The number of hydrogen-bond acceptors (Lipinski definition) is 6. The molecule has 0 aromatic carbocycles. The quantitative estimate of drug-likeness (QED) is 0.369. The van der Waals surface area contributed by atoms with Gasteiger partial charge in [-0.1, -0.05) is 0 Å². The lowest BCUT2D eigenvalue weighted by Gasteiger charge is -1.94. The summed E-state index contributed by atoms with van der Waals surface area (Å²) < 4.78 is 9.67. The molecule has 6 heteroatoms. The molecule has 0 saturated carbocycles. The Balaban J connectivity index is 4.65. The standard InChI is InChI=1S/C12H16N4O2/c1-17-7-3-5-15-11(9-13)12(10-14)16-6-4-8-18-2/h5-6H,3-4,7-8H2,1-2H3/b12-11-,15-5?,16-6?. The number of rotatable bonds is 8. The zero-order chi connectivity index (χ0) is 13.6. The normalized spacial score (nSPS) is 12.4. The van der Waals surface area contributed by atoms with Crippen LogP contribution in [0.5, 0.6) is 0 Å². The molecular weight excluding hydrogens is 232 g/mol. The van der Waals surface area contributed by atoms with Crippen LogP contribution in [0.25, 0.3) is 0 Å². The van der Waals surface area contributed by atoms with Crippen molar-refractivity contribution in [1.29, 1.82) is 10.5 Å². The fourth-order valence-corrected chi connectivity index (χ4v) is 0.939. The van der Waals surface area contributed by atoms with Crippen LogP contribution in [0.4, 0.5) is 0 Å². The van der Waals surface area contributed by atoms with Gasteiger partial charge in [0.2, 0.25) is 0 Å². The third kappa shape index (κ3) is 7.29. The Kier molecular flexibility index (Phi) is 10.2. The minimum atomic E-state index is 0.00210. The number of allylic oxidation sites excluding steroid dienone is 2. The molecule has 0 aromatic rings. The lowest BCUT2D eigenvalue weighted by molar-refractivity contribution is 0.208. The van der Waals surface area contributed by atoms with E-state index in [-0.39, 0.29) is 11.4 Å². The van der Waals surface area contributed by atoms with Crippen molar-refractivity contribution < 1.29 is 9.47 Å². The van der Waals surface area contributed by atoms with Crippen molar-refractivity contribution in [2.45, 2.75) is 12.8 Å². The van der Waals surface area contributed by atoms with Gasteiger partial charge in [-0.2, -0.15) is 10.5 Å². The van der Waals surface area contributed by atoms with E-state index in [0.717, 1.165) is 0 Å². The second kappa shape index (κ2) is 11.5. The Morgan fingerprint density at radius 2 is 1.33 bits per heavy atom. The first-order chi connectivity index (χ1) is 8.79. The fraction of sp³-hybridized carbons (Fsp3) is 0.500. The SMILES string of the molecule is COCCC=N/C(C#N)=C(/C#N)N=CCCOC. The van der Waals surface area contributed by atoms with Gasteiger partial charge in [-0.3, -0.25) is 0 Å². The third-order valence-corrected chi connectivity index (χ3v) is 1.78. The minimum absolute atomic E-state index is 0.00210. The average molecular weight is 248 g/mol. The van der Waals surface area contributed by atoms with Crippen molar-refractivity contribution in [3.63, 3.8) is 0 Å². The molecule has 0 saturated heterocycles. The Hall–Kier alpha value is -2.02. The first-order valence-electron chi connectivity index (χ1n) is 5.37. The van der Waals surface area contributed by atoms with Crippen molar-refractivity contribution in [2.75, 3.05) is 27.4 Å². The summed E-state index contributed by atoms with van der Waals surface area (Å²) in [6, 6.07) is 3.69. The summed E-state index contributed by atoms with van der Waals surface area (Å²) in [4.78, 5) is 7.79. The predicted octanol–water partition coefficient (Wildman–Crippen LogP) is 1.46. The molecule has 18 heavy (non-hydrogen) atoms. The van der Waals surface area contributed by atoms with E-state index in [2.05, 4.69) is 9.98 Å². The highest BCUT2D eigenvalue weighted by molar-refractivity contribution is 5.63. The minimum Gasteiger partial charge on any atom is -0.384 e. The lowest BCUT2D eigenvalue weighted by Crippen LogP contribution is -1.91. The highest BCUT2D eigenvalue weighted by Crippen LogP contribution is 2.05. The first-order valence-corrected chi connectivity index (χ1v) is 5.37. The summed E-state index contributed by atoms with van der Waals surface area (Å²) in [6.07, 6.45) is 4.22. The van der Waals surface area contributed by atoms with Gasteiger partial charge < -0.3 is 9.47 Å². The monoisotopic (exact) mass is 248 g/mol. The molecule has 0 unspecified atom stereocenters. The maximum atomic E-state index is 8.88. The van der Waals surface area contributed by atoms with Crippen LogP contribution in [0.3, 0.4) is 0 Å². The Morgan fingerprint density at radius 3 is 1.61 bits per heavy atom. The number of aliphatic imine (C=N–C) groups is 2. The van der Waals surface area contributed by atoms with Crippen molar-refractivity contribution >= 4 is 12.4 Å². The third-order valence-electron chi connectivity index (χ3n) is 1.78. The topological polar surface area (TPSA) is 90.8 Å². The summed E-state index contributed by atoms with van der Waals surface area (Å²) in [6.45, 7) is 1.03. The summed E-state index contributed by atoms with van der Waals surface area (Å²) in [5, 5.41) is 17.8. The largest absolute Gasteiger partial charge is 0.384 e. The molecule has 96 valence electrons. The van der Waals surface area contributed by atoms with Crippen LogP contribution >= 0.6 is 0 Å². The molecule has 0 heterocycles. The number of methoxy groups -OCH3 is 2.